The lowest BCUT2D eigenvalue weighted by atomic mass is 10.1. The van der Waals surface area contributed by atoms with E-state index in [1.807, 2.05) is 0 Å². The van der Waals surface area contributed by atoms with E-state index in [1.54, 1.807) is 14.1 Å². The zero-order chi connectivity index (χ0) is 12.8. The SMILES string of the molecule is CN(C)NC(=O)c1ccc(C#CCO)c(F)c1. The van der Waals surface area contributed by atoms with Crippen molar-refractivity contribution in [3.63, 3.8) is 0 Å². The molecule has 0 aromatic heterocycles. The molecule has 5 heteroatoms. The van der Waals surface area contributed by atoms with Crippen LogP contribution in [0.4, 0.5) is 4.39 Å². The van der Waals surface area contributed by atoms with Crippen molar-refractivity contribution < 1.29 is 14.3 Å². The molecule has 90 valence electrons. The van der Waals surface area contributed by atoms with Gasteiger partial charge < -0.3 is 5.11 Å². The number of hydrogen-bond acceptors (Lipinski definition) is 3. The molecule has 2 N–H and O–H groups in total. The highest BCUT2D eigenvalue weighted by Crippen LogP contribution is 2.09. The molecular formula is C12H13FN2O2. The fourth-order valence-corrected chi connectivity index (χ4v) is 1.16. The van der Waals surface area contributed by atoms with Crippen LogP contribution in [0.3, 0.4) is 0 Å². The van der Waals surface area contributed by atoms with Gasteiger partial charge in [-0.1, -0.05) is 11.8 Å². The number of amides is 1. The number of halogens is 1. The summed E-state index contributed by atoms with van der Waals surface area (Å²) >= 11 is 0. The molecule has 0 atom stereocenters. The summed E-state index contributed by atoms with van der Waals surface area (Å²) in [6.07, 6.45) is 0. The highest BCUT2D eigenvalue weighted by atomic mass is 19.1. The largest absolute Gasteiger partial charge is 0.384 e. The van der Waals surface area contributed by atoms with Gasteiger partial charge in [0.2, 0.25) is 0 Å². The fraction of sp³-hybridized carbons (Fsp3) is 0.250. The number of nitrogens with zero attached hydrogens (tertiary/aromatic N) is 1. The number of carbonyl (C=O) groups is 1. The maximum Gasteiger partial charge on any atom is 0.265 e. The van der Waals surface area contributed by atoms with Crippen LogP contribution in [0.1, 0.15) is 15.9 Å². The standard InChI is InChI=1S/C12H13FN2O2/c1-15(2)14-12(17)10-6-5-9(4-3-7-16)11(13)8-10/h5-6,8,16H,7H2,1-2H3,(H,14,17). The number of hydrogen-bond donors (Lipinski definition) is 2. The number of hydrazine groups is 1. The van der Waals surface area contributed by atoms with Gasteiger partial charge in [-0.3, -0.25) is 10.2 Å². The topological polar surface area (TPSA) is 52.6 Å². The summed E-state index contributed by atoms with van der Waals surface area (Å²) in [6.45, 7) is -0.331. The van der Waals surface area contributed by atoms with E-state index in [9.17, 15) is 9.18 Å². The predicted molar refractivity (Wildman–Crippen MR) is 61.5 cm³/mol. The van der Waals surface area contributed by atoms with E-state index in [2.05, 4.69) is 17.3 Å². The van der Waals surface area contributed by atoms with Crippen molar-refractivity contribution in [1.82, 2.24) is 10.4 Å². The second-order valence-corrected chi connectivity index (χ2v) is 3.49. The Balaban J connectivity index is 2.92. The van der Waals surface area contributed by atoms with E-state index < -0.39 is 11.7 Å². The first-order valence-corrected chi connectivity index (χ1v) is 4.92. The Labute approximate surface area is 99.0 Å². The minimum atomic E-state index is -0.586. The zero-order valence-electron chi connectivity index (χ0n) is 9.62. The molecule has 1 rings (SSSR count). The number of carbonyl (C=O) groups excluding carboxylic acids is 1. The van der Waals surface area contributed by atoms with Crippen molar-refractivity contribution in [2.75, 3.05) is 20.7 Å². The van der Waals surface area contributed by atoms with Gasteiger partial charge in [0.1, 0.15) is 12.4 Å². The van der Waals surface area contributed by atoms with Gasteiger partial charge in [-0.15, -0.1) is 0 Å². The van der Waals surface area contributed by atoms with Gasteiger partial charge in [0.25, 0.3) is 5.91 Å². The molecule has 0 radical (unpaired) electrons. The molecule has 17 heavy (non-hydrogen) atoms. The molecule has 0 aliphatic carbocycles. The third kappa shape index (κ3) is 3.87. The van der Waals surface area contributed by atoms with Crippen LogP contribution in [0.2, 0.25) is 0 Å². The van der Waals surface area contributed by atoms with Crippen molar-refractivity contribution in [2.45, 2.75) is 0 Å². The van der Waals surface area contributed by atoms with Crippen molar-refractivity contribution in [3.8, 4) is 11.8 Å². The summed E-state index contributed by atoms with van der Waals surface area (Å²) < 4.78 is 13.5. The quantitative estimate of drug-likeness (QED) is 0.576. The minimum absolute atomic E-state index is 0.153. The van der Waals surface area contributed by atoms with Crippen LogP contribution in [0, 0.1) is 17.7 Å². The van der Waals surface area contributed by atoms with Crippen LogP contribution in [0.25, 0.3) is 0 Å². The third-order valence-electron chi connectivity index (χ3n) is 1.86. The first-order valence-electron chi connectivity index (χ1n) is 4.92. The smallest absolute Gasteiger partial charge is 0.265 e. The summed E-state index contributed by atoms with van der Waals surface area (Å²) in [6, 6.07) is 3.99. The van der Waals surface area contributed by atoms with Crippen molar-refractivity contribution in [3.05, 3.63) is 35.1 Å². The lowest BCUT2D eigenvalue weighted by Gasteiger charge is -2.11. The van der Waals surface area contributed by atoms with E-state index in [-0.39, 0.29) is 17.7 Å². The summed E-state index contributed by atoms with van der Waals surface area (Å²) in [7, 11) is 3.32. The Kier molecular flexibility index (Phi) is 4.64. The van der Waals surface area contributed by atoms with E-state index >= 15 is 0 Å². The van der Waals surface area contributed by atoms with E-state index in [0.29, 0.717) is 0 Å². The van der Waals surface area contributed by atoms with E-state index in [4.69, 9.17) is 5.11 Å². The Bertz CT molecular complexity index is 475. The van der Waals surface area contributed by atoms with Crippen LogP contribution in [0.5, 0.6) is 0 Å². The number of aliphatic hydroxyl groups is 1. The predicted octanol–water partition coefficient (Wildman–Crippen LogP) is 0.376. The molecular weight excluding hydrogens is 223 g/mol. The van der Waals surface area contributed by atoms with Gasteiger partial charge in [-0.2, -0.15) is 0 Å². The molecule has 0 saturated heterocycles. The van der Waals surface area contributed by atoms with Crippen molar-refractivity contribution in [2.24, 2.45) is 0 Å². The molecule has 1 amide bonds. The molecule has 1 aromatic rings. The molecule has 0 heterocycles. The van der Waals surface area contributed by atoms with Crippen LogP contribution in [-0.4, -0.2) is 36.7 Å². The Morgan fingerprint density at radius 2 is 2.24 bits per heavy atom. The highest BCUT2D eigenvalue weighted by molar-refractivity contribution is 5.93. The molecule has 0 saturated carbocycles. The van der Waals surface area contributed by atoms with Gasteiger partial charge in [0.05, 0.1) is 5.56 Å². The summed E-state index contributed by atoms with van der Waals surface area (Å²) in [5.41, 5.74) is 2.87. The molecule has 0 aliphatic heterocycles. The number of aliphatic hydroxyl groups excluding tert-OH is 1. The Hall–Kier alpha value is -1.90. The van der Waals surface area contributed by atoms with Crippen molar-refractivity contribution >= 4 is 5.91 Å². The molecule has 0 spiro atoms. The van der Waals surface area contributed by atoms with Gasteiger partial charge in [0, 0.05) is 19.7 Å². The molecule has 4 nitrogen and oxygen atoms in total. The average Bonchev–Trinajstić information content (AvgIpc) is 2.26. The van der Waals surface area contributed by atoms with E-state index in [1.165, 1.54) is 17.1 Å². The molecule has 0 unspecified atom stereocenters. The number of nitrogens with one attached hydrogen (secondary N) is 1. The number of benzene rings is 1. The third-order valence-corrected chi connectivity index (χ3v) is 1.86. The molecule has 0 fully saturated rings. The van der Waals surface area contributed by atoms with Gasteiger partial charge in [0.15, 0.2) is 0 Å². The van der Waals surface area contributed by atoms with Crippen LogP contribution in [-0.2, 0) is 0 Å². The van der Waals surface area contributed by atoms with Gasteiger partial charge in [-0.05, 0) is 18.2 Å². The Morgan fingerprint density at radius 1 is 1.53 bits per heavy atom. The molecule has 0 aliphatic rings. The molecule has 0 bridgehead atoms. The second-order valence-electron chi connectivity index (χ2n) is 3.49. The number of rotatable bonds is 2. The van der Waals surface area contributed by atoms with E-state index in [0.717, 1.165) is 6.07 Å². The van der Waals surface area contributed by atoms with Gasteiger partial charge in [-0.25, -0.2) is 9.40 Å². The fourth-order valence-electron chi connectivity index (χ4n) is 1.16. The maximum atomic E-state index is 13.5. The molecule has 1 aromatic carbocycles. The van der Waals surface area contributed by atoms with Crippen LogP contribution < -0.4 is 5.43 Å². The van der Waals surface area contributed by atoms with Crippen molar-refractivity contribution in [1.29, 1.82) is 0 Å². The first kappa shape index (κ1) is 13.2. The zero-order valence-corrected chi connectivity index (χ0v) is 9.62. The van der Waals surface area contributed by atoms with Crippen LogP contribution >= 0.6 is 0 Å². The summed E-state index contributed by atoms with van der Waals surface area (Å²) in [5.74, 6) is 3.82. The normalized spacial score (nSPS) is 9.71. The first-order chi connectivity index (χ1) is 8.04. The highest BCUT2D eigenvalue weighted by Gasteiger charge is 2.09. The second kappa shape index (κ2) is 5.99. The lowest BCUT2D eigenvalue weighted by molar-refractivity contribution is 0.0856. The van der Waals surface area contributed by atoms with Gasteiger partial charge >= 0.3 is 0 Å². The maximum absolute atomic E-state index is 13.5. The summed E-state index contributed by atoms with van der Waals surface area (Å²) in [5, 5.41) is 9.97. The lowest BCUT2D eigenvalue weighted by Crippen LogP contribution is -2.36. The monoisotopic (exact) mass is 236 g/mol. The Morgan fingerprint density at radius 3 is 2.76 bits per heavy atom. The van der Waals surface area contributed by atoms with Crippen LogP contribution in [0.15, 0.2) is 18.2 Å². The minimum Gasteiger partial charge on any atom is -0.384 e. The summed E-state index contributed by atoms with van der Waals surface area (Å²) in [4.78, 5) is 11.5. The average molecular weight is 236 g/mol.